The largest absolute Gasteiger partial charge is 0.444 e. The highest BCUT2D eigenvalue weighted by Gasteiger charge is 2.25. The van der Waals surface area contributed by atoms with E-state index in [0.29, 0.717) is 11.1 Å². The number of hydrogen-bond donors (Lipinski definition) is 0. The molecule has 1 aromatic heterocycles. The summed E-state index contributed by atoms with van der Waals surface area (Å²) >= 11 is 6.14. The summed E-state index contributed by atoms with van der Waals surface area (Å²) in [4.78, 5) is 18.1. The third kappa shape index (κ3) is 5.16. The van der Waals surface area contributed by atoms with Crippen LogP contribution in [-0.2, 0) is 11.2 Å². The summed E-state index contributed by atoms with van der Waals surface area (Å²) in [6.45, 7) is 7.21. The molecule has 0 unspecified atom stereocenters. The highest BCUT2D eigenvalue weighted by molar-refractivity contribution is 6.30. The number of amides is 1. The quantitative estimate of drug-likeness (QED) is 0.761. The molecular weight excluding hydrogens is 300 g/mol. The maximum Gasteiger partial charge on any atom is 0.410 e. The Kier molecular flexibility index (Phi) is 5.68. The number of aromatic nitrogens is 1. The van der Waals surface area contributed by atoms with E-state index in [1.165, 1.54) is 0 Å². The number of likely N-dealkylation sites (tertiary alicyclic amines) is 1. The third-order valence-corrected chi connectivity index (χ3v) is 4.18. The van der Waals surface area contributed by atoms with Crippen molar-refractivity contribution in [2.75, 3.05) is 13.1 Å². The topological polar surface area (TPSA) is 42.4 Å². The normalized spacial score (nSPS) is 19.6. The number of ether oxygens (including phenoxy) is 1. The molecule has 0 aromatic carbocycles. The lowest BCUT2D eigenvalue weighted by Gasteiger charge is -2.26. The van der Waals surface area contributed by atoms with Gasteiger partial charge in [-0.2, -0.15) is 0 Å². The summed E-state index contributed by atoms with van der Waals surface area (Å²) in [5.74, 6) is 0.536. The van der Waals surface area contributed by atoms with Gasteiger partial charge in [0.05, 0.1) is 0 Å². The average molecular weight is 325 g/mol. The lowest BCUT2D eigenvalue weighted by Crippen LogP contribution is -2.37. The van der Waals surface area contributed by atoms with Crippen molar-refractivity contribution >= 4 is 17.7 Å². The van der Waals surface area contributed by atoms with Crippen molar-refractivity contribution < 1.29 is 9.53 Å². The van der Waals surface area contributed by atoms with Crippen molar-refractivity contribution in [1.82, 2.24) is 9.88 Å². The zero-order valence-electron chi connectivity index (χ0n) is 13.6. The zero-order valence-corrected chi connectivity index (χ0v) is 14.4. The van der Waals surface area contributed by atoms with Crippen LogP contribution in [0, 0.1) is 5.92 Å². The van der Waals surface area contributed by atoms with E-state index in [9.17, 15) is 4.79 Å². The van der Waals surface area contributed by atoms with Crippen LogP contribution in [0.5, 0.6) is 0 Å². The van der Waals surface area contributed by atoms with Gasteiger partial charge in [-0.25, -0.2) is 9.78 Å². The van der Waals surface area contributed by atoms with Crippen LogP contribution >= 0.6 is 11.6 Å². The fraction of sp³-hybridized carbons (Fsp3) is 0.647. The molecule has 1 aromatic rings. The minimum Gasteiger partial charge on any atom is -0.444 e. The first-order chi connectivity index (χ1) is 10.3. The highest BCUT2D eigenvalue weighted by Crippen LogP contribution is 2.25. The predicted octanol–water partition coefficient (Wildman–Crippen LogP) is 4.31. The zero-order chi connectivity index (χ0) is 16.2. The fourth-order valence-electron chi connectivity index (χ4n) is 2.76. The summed E-state index contributed by atoms with van der Waals surface area (Å²) < 4.78 is 5.46. The monoisotopic (exact) mass is 324 g/mol. The first-order valence-electron chi connectivity index (χ1n) is 7.92. The van der Waals surface area contributed by atoms with Crippen LogP contribution in [-0.4, -0.2) is 34.7 Å². The summed E-state index contributed by atoms with van der Waals surface area (Å²) in [6, 6.07) is 3.96. The molecule has 1 aliphatic heterocycles. The molecule has 1 aliphatic rings. The highest BCUT2D eigenvalue weighted by atomic mass is 35.5. The van der Waals surface area contributed by atoms with Gasteiger partial charge in [-0.1, -0.05) is 17.7 Å². The van der Waals surface area contributed by atoms with Crippen molar-refractivity contribution in [2.24, 2.45) is 5.92 Å². The Morgan fingerprint density at radius 1 is 1.41 bits per heavy atom. The van der Waals surface area contributed by atoms with E-state index >= 15 is 0 Å². The molecule has 0 radical (unpaired) electrons. The number of rotatable bonds is 2. The van der Waals surface area contributed by atoms with Crippen LogP contribution in [0.4, 0.5) is 4.79 Å². The van der Waals surface area contributed by atoms with Gasteiger partial charge in [-0.05, 0) is 64.0 Å². The predicted molar refractivity (Wildman–Crippen MR) is 88.1 cm³/mol. The van der Waals surface area contributed by atoms with Gasteiger partial charge in [0, 0.05) is 19.3 Å². The number of carbonyl (C=O) groups excluding carboxylic acids is 1. The third-order valence-electron chi connectivity index (χ3n) is 3.84. The molecule has 2 rings (SSSR count). The van der Waals surface area contributed by atoms with E-state index in [0.717, 1.165) is 44.3 Å². The van der Waals surface area contributed by atoms with Crippen molar-refractivity contribution in [3.63, 3.8) is 0 Å². The minimum absolute atomic E-state index is 0.201. The number of hydrogen-bond acceptors (Lipinski definition) is 3. The standard InChI is InChI=1S/C17H25ClN2O2/c1-17(2,3)22-16(21)20-10-5-6-13(8-11-20)12-14-7-4-9-19-15(14)18/h4,7,9,13H,5-6,8,10-12H2,1-3H3/t13-/m0/s1. The van der Waals surface area contributed by atoms with E-state index in [4.69, 9.17) is 16.3 Å². The van der Waals surface area contributed by atoms with Gasteiger partial charge in [0.2, 0.25) is 0 Å². The van der Waals surface area contributed by atoms with Crippen LogP contribution in [0.3, 0.4) is 0 Å². The molecule has 0 bridgehead atoms. The van der Waals surface area contributed by atoms with E-state index in [1.807, 2.05) is 37.8 Å². The Morgan fingerprint density at radius 3 is 2.86 bits per heavy atom. The van der Waals surface area contributed by atoms with Crippen LogP contribution in [0.1, 0.15) is 45.6 Å². The molecule has 4 nitrogen and oxygen atoms in total. The lowest BCUT2D eigenvalue weighted by molar-refractivity contribution is 0.0255. The molecule has 2 heterocycles. The maximum atomic E-state index is 12.2. The Labute approximate surface area is 137 Å². The van der Waals surface area contributed by atoms with Gasteiger partial charge in [-0.15, -0.1) is 0 Å². The van der Waals surface area contributed by atoms with Crippen LogP contribution < -0.4 is 0 Å². The number of nitrogens with zero attached hydrogens (tertiary/aromatic N) is 2. The molecule has 0 saturated carbocycles. The van der Waals surface area contributed by atoms with Crippen LogP contribution in [0.2, 0.25) is 5.15 Å². The Balaban J connectivity index is 1.90. The molecule has 0 aliphatic carbocycles. The molecule has 0 N–H and O–H groups in total. The summed E-state index contributed by atoms with van der Waals surface area (Å²) in [6.07, 6.45) is 5.52. The SMILES string of the molecule is CC(C)(C)OC(=O)N1CCC[C@H](Cc2cccnc2Cl)CC1. The molecule has 22 heavy (non-hydrogen) atoms. The maximum absolute atomic E-state index is 12.2. The van der Waals surface area contributed by atoms with Crippen molar-refractivity contribution in [1.29, 1.82) is 0 Å². The number of pyridine rings is 1. The van der Waals surface area contributed by atoms with E-state index in [2.05, 4.69) is 4.98 Å². The van der Waals surface area contributed by atoms with E-state index in [-0.39, 0.29) is 6.09 Å². The molecule has 1 saturated heterocycles. The molecule has 122 valence electrons. The smallest absolute Gasteiger partial charge is 0.410 e. The summed E-state index contributed by atoms with van der Waals surface area (Å²) in [7, 11) is 0. The van der Waals surface area contributed by atoms with E-state index < -0.39 is 5.60 Å². The molecule has 1 amide bonds. The Morgan fingerprint density at radius 2 is 2.18 bits per heavy atom. The molecular formula is C17H25ClN2O2. The summed E-state index contributed by atoms with van der Waals surface area (Å²) in [5, 5.41) is 0.593. The van der Waals surface area contributed by atoms with Crippen molar-refractivity contribution in [2.45, 2.75) is 52.1 Å². The average Bonchev–Trinajstić information content (AvgIpc) is 2.65. The molecule has 0 spiro atoms. The number of halogens is 1. The number of carbonyl (C=O) groups is 1. The second kappa shape index (κ2) is 7.32. The Hall–Kier alpha value is -1.29. The van der Waals surface area contributed by atoms with Gasteiger partial charge in [0.25, 0.3) is 0 Å². The first kappa shape index (κ1) is 17.1. The molecule has 5 heteroatoms. The van der Waals surface area contributed by atoms with Gasteiger partial charge in [0.1, 0.15) is 10.8 Å². The minimum atomic E-state index is -0.438. The van der Waals surface area contributed by atoms with Gasteiger partial charge < -0.3 is 9.64 Å². The van der Waals surface area contributed by atoms with Gasteiger partial charge in [0.15, 0.2) is 0 Å². The first-order valence-corrected chi connectivity index (χ1v) is 8.30. The second-order valence-electron chi connectivity index (χ2n) is 6.92. The molecule has 1 fully saturated rings. The Bertz CT molecular complexity index is 514. The van der Waals surface area contributed by atoms with Crippen molar-refractivity contribution in [3.8, 4) is 0 Å². The van der Waals surface area contributed by atoms with Gasteiger partial charge in [-0.3, -0.25) is 0 Å². The van der Waals surface area contributed by atoms with E-state index in [1.54, 1.807) is 6.20 Å². The lowest BCUT2D eigenvalue weighted by atomic mass is 9.93. The fourth-order valence-corrected chi connectivity index (χ4v) is 2.96. The van der Waals surface area contributed by atoms with Crippen LogP contribution in [0.15, 0.2) is 18.3 Å². The second-order valence-corrected chi connectivity index (χ2v) is 7.28. The van der Waals surface area contributed by atoms with Crippen LogP contribution in [0.25, 0.3) is 0 Å². The molecule has 1 atom stereocenters. The van der Waals surface area contributed by atoms with Gasteiger partial charge >= 0.3 is 6.09 Å². The van der Waals surface area contributed by atoms with Crippen molar-refractivity contribution in [3.05, 3.63) is 29.0 Å². The summed E-state index contributed by atoms with van der Waals surface area (Å²) in [5.41, 5.74) is 0.659.